The van der Waals surface area contributed by atoms with E-state index in [0.29, 0.717) is 5.92 Å². The number of hydrogen-bond acceptors (Lipinski definition) is 1. The number of carbonyl (C=O) groups is 1. The van der Waals surface area contributed by atoms with Crippen LogP contribution in [0.2, 0.25) is 0 Å². The van der Waals surface area contributed by atoms with Crippen LogP contribution >= 0.6 is 0 Å². The van der Waals surface area contributed by atoms with Crippen LogP contribution in [-0.4, -0.2) is 24.9 Å². The highest BCUT2D eigenvalue weighted by Crippen LogP contribution is 2.15. The van der Waals surface area contributed by atoms with Crippen LogP contribution in [0.4, 0.5) is 0 Å². The number of hydrogen-bond donors (Lipinski definition) is 0. The maximum atomic E-state index is 11.4. The van der Waals surface area contributed by atoms with E-state index in [2.05, 4.69) is 13.8 Å². The van der Waals surface area contributed by atoms with Gasteiger partial charge in [-0.3, -0.25) is 4.79 Å². The minimum atomic E-state index is 0.162. The van der Waals surface area contributed by atoms with E-state index in [9.17, 15) is 4.79 Å². The Morgan fingerprint density at radius 3 is 2.09 bits per heavy atom. The summed E-state index contributed by atoms with van der Waals surface area (Å²) in [6.45, 7) is 6.23. The van der Waals surface area contributed by atoms with Gasteiger partial charge < -0.3 is 4.90 Å². The first-order chi connectivity index (χ1) is 5.00. The summed E-state index contributed by atoms with van der Waals surface area (Å²) < 4.78 is 0. The van der Waals surface area contributed by atoms with Gasteiger partial charge in [-0.2, -0.15) is 0 Å². The summed E-state index contributed by atoms with van der Waals surface area (Å²) in [6, 6.07) is 0. The van der Waals surface area contributed by atoms with Crippen molar-refractivity contribution in [2.75, 3.05) is 14.1 Å². The Hall–Kier alpha value is -0.530. The van der Waals surface area contributed by atoms with Gasteiger partial charge in [-0.25, -0.2) is 0 Å². The molecule has 2 heteroatoms. The minimum Gasteiger partial charge on any atom is -0.349 e. The predicted molar refractivity (Wildman–Crippen MR) is 47.3 cm³/mol. The molecule has 0 saturated carbocycles. The Bertz CT molecular complexity index is 132. The van der Waals surface area contributed by atoms with Crippen LogP contribution in [0.1, 0.15) is 27.2 Å². The topological polar surface area (TPSA) is 20.3 Å². The van der Waals surface area contributed by atoms with Gasteiger partial charge in [-0.1, -0.05) is 27.2 Å². The Labute approximate surface area is 69.6 Å². The van der Waals surface area contributed by atoms with Gasteiger partial charge in [0.15, 0.2) is 0 Å². The van der Waals surface area contributed by atoms with Crippen molar-refractivity contribution in [2.24, 2.45) is 11.8 Å². The molecule has 11 heavy (non-hydrogen) atoms. The highest BCUT2D eigenvalue weighted by molar-refractivity contribution is 5.78. The summed E-state index contributed by atoms with van der Waals surface area (Å²) in [7, 11) is 3.61. The van der Waals surface area contributed by atoms with E-state index >= 15 is 0 Å². The molecule has 0 fully saturated rings. The molecule has 0 aromatic heterocycles. The van der Waals surface area contributed by atoms with Crippen molar-refractivity contribution in [3.8, 4) is 0 Å². The maximum Gasteiger partial charge on any atom is 0.225 e. The molecule has 2 atom stereocenters. The first-order valence-corrected chi connectivity index (χ1v) is 4.21. The second-order valence-corrected chi connectivity index (χ2v) is 3.41. The fraction of sp³-hybridized carbons (Fsp3) is 0.889. The Morgan fingerprint density at radius 1 is 1.36 bits per heavy atom. The van der Waals surface area contributed by atoms with E-state index in [-0.39, 0.29) is 11.8 Å². The van der Waals surface area contributed by atoms with Gasteiger partial charge in [-0.05, 0) is 5.92 Å². The Kier molecular flexibility index (Phi) is 4.16. The van der Waals surface area contributed by atoms with Crippen LogP contribution in [-0.2, 0) is 4.79 Å². The summed E-state index contributed by atoms with van der Waals surface area (Å²) in [5.74, 6) is 0.888. The fourth-order valence-corrected chi connectivity index (χ4v) is 1.00. The van der Waals surface area contributed by atoms with E-state index in [0.717, 1.165) is 6.42 Å². The van der Waals surface area contributed by atoms with E-state index in [1.807, 2.05) is 6.92 Å². The second-order valence-electron chi connectivity index (χ2n) is 3.41. The van der Waals surface area contributed by atoms with Crippen molar-refractivity contribution >= 4 is 5.91 Å². The highest BCUT2D eigenvalue weighted by Gasteiger charge is 2.19. The molecule has 2 nitrogen and oxygen atoms in total. The zero-order valence-corrected chi connectivity index (χ0v) is 8.22. The lowest BCUT2D eigenvalue weighted by Gasteiger charge is -2.21. The van der Waals surface area contributed by atoms with Crippen molar-refractivity contribution < 1.29 is 4.79 Å². The molecule has 0 aliphatic carbocycles. The average Bonchev–Trinajstić information content (AvgIpc) is 2.00. The van der Waals surface area contributed by atoms with Gasteiger partial charge in [0.1, 0.15) is 0 Å². The molecule has 0 N–H and O–H groups in total. The van der Waals surface area contributed by atoms with Crippen LogP contribution in [0, 0.1) is 11.8 Å². The smallest absolute Gasteiger partial charge is 0.225 e. The van der Waals surface area contributed by atoms with E-state index in [1.54, 1.807) is 19.0 Å². The van der Waals surface area contributed by atoms with Crippen molar-refractivity contribution in [2.45, 2.75) is 27.2 Å². The van der Waals surface area contributed by atoms with E-state index in [1.165, 1.54) is 0 Å². The predicted octanol–water partition coefficient (Wildman–Crippen LogP) is 1.76. The maximum absolute atomic E-state index is 11.4. The quantitative estimate of drug-likeness (QED) is 0.611. The van der Waals surface area contributed by atoms with Gasteiger partial charge in [0.2, 0.25) is 5.91 Å². The summed E-state index contributed by atoms with van der Waals surface area (Å²) in [5.41, 5.74) is 0. The lowest BCUT2D eigenvalue weighted by molar-refractivity contribution is -0.133. The van der Waals surface area contributed by atoms with Gasteiger partial charge in [0.25, 0.3) is 0 Å². The largest absolute Gasteiger partial charge is 0.349 e. The Morgan fingerprint density at radius 2 is 1.82 bits per heavy atom. The van der Waals surface area contributed by atoms with Crippen LogP contribution in [0.3, 0.4) is 0 Å². The van der Waals surface area contributed by atoms with Gasteiger partial charge in [0.05, 0.1) is 0 Å². The van der Waals surface area contributed by atoms with Gasteiger partial charge in [0, 0.05) is 20.0 Å². The molecular weight excluding hydrogens is 138 g/mol. The number of amides is 1. The van der Waals surface area contributed by atoms with Crippen LogP contribution < -0.4 is 0 Å². The third-order valence-corrected chi connectivity index (χ3v) is 2.33. The lowest BCUT2D eigenvalue weighted by atomic mass is 9.93. The molecule has 0 aliphatic heterocycles. The summed E-state index contributed by atoms with van der Waals surface area (Å²) in [6.07, 6.45) is 1.07. The zero-order chi connectivity index (χ0) is 9.02. The van der Waals surface area contributed by atoms with Crippen LogP contribution in [0.5, 0.6) is 0 Å². The molecule has 1 amide bonds. The molecule has 0 bridgehead atoms. The Balaban J connectivity index is 4.02. The van der Waals surface area contributed by atoms with Crippen molar-refractivity contribution in [1.82, 2.24) is 4.90 Å². The van der Waals surface area contributed by atoms with Crippen molar-refractivity contribution in [3.05, 3.63) is 0 Å². The average molecular weight is 157 g/mol. The molecule has 0 heterocycles. The molecule has 0 aliphatic rings. The minimum absolute atomic E-state index is 0.162. The highest BCUT2D eigenvalue weighted by atomic mass is 16.2. The fourth-order valence-electron chi connectivity index (χ4n) is 1.00. The standard InChI is InChI=1S/C9H19NO/c1-6-7(2)8(3)9(11)10(4)5/h7-8H,6H2,1-5H3/t7?,8-/m0/s1. The summed E-state index contributed by atoms with van der Waals surface area (Å²) >= 11 is 0. The third kappa shape index (κ3) is 2.91. The number of carbonyl (C=O) groups excluding carboxylic acids is 1. The zero-order valence-electron chi connectivity index (χ0n) is 8.22. The summed E-state index contributed by atoms with van der Waals surface area (Å²) in [4.78, 5) is 13.0. The SMILES string of the molecule is CCC(C)[C@H](C)C(=O)N(C)C. The number of nitrogens with zero attached hydrogens (tertiary/aromatic N) is 1. The molecule has 0 aromatic rings. The molecular formula is C9H19NO. The van der Waals surface area contributed by atoms with Gasteiger partial charge in [-0.15, -0.1) is 0 Å². The molecule has 0 aromatic carbocycles. The van der Waals surface area contributed by atoms with Crippen molar-refractivity contribution in [1.29, 1.82) is 0 Å². The lowest BCUT2D eigenvalue weighted by Crippen LogP contribution is -2.31. The monoisotopic (exact) mass is 157 g/mol. The second kappa shape index (κ2) is 4.37. The molecule has 0 radical (unpaired) electrons. The molecule has 66 valence electrons. The molecule has 0 saturated heterocycles. The van der Waals surface area contributed by atoms with E-state index < -0.39 is 0 Å². The first-order valence-electron chi connectivity index (χ1n) is 4.21. The number of rotatable bonds is 3. The summed E-state index contributed by atoms with van der Waals surface area (Å²) in [5, 5.41) is 0. The molecule has 1 unspecified atom stereocenters. The third-order valence-electron chi connectivity index (χ3n) is 2.33. The van der Waals surface area contributed by atoms with Gasteiger partial charge >= 0.3 is 0 Å². The molecule has 0 rings (SSSR count). The normalized spacial score (nSPS) is 15.7. The van der Waals surface area contributed by atoms with Crippen LogP contribution in [0.25, 0.3) is 0 Å². The van der Waals surface area contributed by atoms with E-state index in [4.69, 9.17) is 0 Å². The van der Waals surface area contributed by atoms with Crippen LogP contribution in [0.15, 0.2) is 0 Å². The molecule has 0 spiro atoms. The van der Waals surface area contributed by atoms with Crippen molar-refractivity contribution in [3.63, 3.8) is 0 Å². The first kappa shape index (κ1) is 10.5.